The molecule has 1 atom stereocenters. The standard InChI is InChI=1S/C14H17N3S.ClH/c1-2-13(8-15-4-1)14-9-16-5-6-17(14)10-12-3-7-18-11-12;/h1-4,7-8,11,14,16H,5-6,9-10H2;1H. The molecule has 0 bridgehead atoms. The van der Waals surface area contributed by atoms with Crippen molar-refractivity contribution in [2.75, 3.05) is 19.6 Å². The number of piperazine rings is 1. The summed E-state index contributed by atoms with van der Waals surface area (Å²) in [6.45, 7) is 4.21. The lowest BCUT2D eigenvalue weighted by Gasteiger charge is -2.36. The number of aromatic nitrogens is 1. The van der Waals surface area contributed by atoms with Crippen LogP contribution in [0, 0.1) is 0 Å². The quantitative estimate of drug-likeness (QED) is 0.944. The lowest BCUT2D eigenvalue weighted by molar-refractivity contribution is 0.153. The molecule has 19 heavy (non-hydrogen) atoms. The summed E-state index contributed by atoms with van der Waals surface area (Å²) in [6.07, 6.45) is 3.82. The number of hydrogen-bond donors (Lipinski definition) is 1. The van der Waals surface area contributed by atoms with E-state index in [4.69, 9.17) is 0 Å². The molecule has 1 saturated heterocycles. The molecule has 1 N–H and O–H groups in total. The van der Waals surface area contributed by atoms with E-state index in [-0.39, 0.29) is 12.4 Å². The molecule has 2 aromatic heterocycles. The molecule has 3 nitrogen and oxygen atoms in total. The van der Waals surface area contributed by atoms with Gasteiger partial charge in [0.1, 0.15) is 0 Å². The predicted octanol–water partition coefficient (Wildman–Crippen LogP) is 2.71. The molecule has 1 aliphatic rings. The second kappa shape index (κ2) is 7.01. The maximum Gasteiger partial charge on any atom is 0.0491 e. The van der Waals surface area contributed by atoms with Crippen molar-refractivity contribution in [3.8, 4) is 0 Å². The molecule has 0 aliphatic carbocycles. The second-order valence-corrected chi connectivity index (χ2v) is 5.39. The van der Waals surface area contributed by atoms with Crippen LogP contribution in [0.3, 0.4) is 0 Å². The fraction of sp³-hybridized carbons (Fsp3) is 0.357. The van der Waals surface area contributed by atoms with Gasteiger partial charge in [-0.05, 0) is 34.0 Å². The first-order valence-electron chi connectivity index (χ1n) is 6.29. The zero-order valence-corrected chi connectivity index (χ0v) is 12.3. The third-order valence-corrected chi connectivity index (χ3v) is 4.12. The molecule has 0 radical (unpaired) electrons. The van der Waals surface area contributed by atoms with Crippen LogP contribution in [0.5, 0.6) is 0 Å². The number of halogens is 1. The van der Waals surface area contributed by atoms with Crippen molar-refractivity contribution in [1.82, 2.24) is 15.2 Å². The summed E-state index contributed by atoms with van der Waals surface area (Å²) in [5, 5.41) is 7.86. The van der Waals surface area contributed by atoms with E-state index < -0.39 is 0 Å². The Kier molecular flexibility index (Phi) is 5.34. The van der Waals surface area contributed by atoms with E-state index in [2.05, 4.69) is 38.1 Å². The molecule has 3 rings (SSSR count). The van der Waals surface area contributed by atoms with Gasteiger partial charge in [-0.25, -0.2) is 0 Å². The van der Waals surface area contributed by atoms with Crippen LogP contribution in [-0.4, -0.2) is 29.5 Å². The van der Waals surface area contributed by atoms with Gasteiger partial charge in [0.05, 0.1) is 0 Å². The van der Waals surface area contributed by atoms with Gasteiger partial charge >= 0.3 is 0 Å². The summed E-state index contributed by atoms with van der Waals surface area (Å²) in [4.78, 5) is 6.78. The highest BCUT2D eigenvalue weighted by molar-refractivity contribution is 7.07. The van der Waals surface area contributed by atoms with Gasteiger partial charge in [0.2, 0.25) is 0 Å². The summed E-state index contributed by atoms with van der Waals surface area (Å²) in [5.41, 5.74) is 2.72. The van der Waals surface area contributed by atoms with Gasteiger partial charge in [-0.2, -0.15) is 11.3 Å². The first-order chi connectivity index (χ1) is 8.93. The van der Waals surface area contributed by atoms with Gasteiger partial charge in [-0.3, -0.25) is 9.88 Å². The molecule has 3 heterocycles. The Morgan fingerprint density at radius 1 is 1.42 bits per heavy atom. The molecule has 102 valence electrons. The van der Waals surface area contributed by atoms with Crippen LogP contribution in [0.2, 0.25) is 0 Å². The smallest absolute Gasteiger partial charge is 0.0491 e. The van der Waals surface area contributed by atoms with Crippen LogP contribution in [0.15, 0.2) is 41.4 Å². The average Bonchev–Trinajstić information content (AvgIpc) is 2.93. The van der Waals surface area contributed by atoms with Crippen molar-refractivity contribution in [2.45, 2.75) is 12.6 Å². The number of nitrogens with zero attached hydrogens (tertiary/aromatic N) is 2. The van der Waals surface area contributed by atoms with E-state index in [9.17, 15) is 0 Å². The summed E-state index contributed by atoms with van der Waals surface area (Å²) in [7, 11) is 0. The van der Waals surface area contributed by atoms with Crippen molar-refractivity contribution in [3.63, 3.8) is 0 Å². The van der Waals surface area contributed by atoms with E-state index >= 15 is 0 Å². The van der Waals surface area contributed by atoms with E-state index in [0.29, 0.717) is 6.04 Å². The molecule has 2 aromatic rings. The molecular weight excluding hydrogens is 278 g/mol. The van der Waals surface area contributed by atoms with Crippen molar-refractivity contribution in [1.29, 1.82) is 0 Å². The van der Waals surface area contributed by atoms with Gasteiger partial charge in [0.25, 0.3) is 0 Å². The highest BCUT2D eigenvalue weighted by Crippen LogP contribution is 2.23. The monoisotopic (exact) mass is 295 g/mol. The molecule has 5 heteroatoms. The van der Waals surface area contributed by atoms with Gasteiger partial charge in [0.15, 0.2) is 0 Å². The normalized spacial score (nSPS) is 19.9. The van der Waals surface area contributed by atoms with E-state index in [0.717, 1.165) is 26.2 Å². The number of nitrogens with one attached hydrogen (secondary N) is 1. The van der Waals surface area contributed by atoms with Gasteiger partial charge < -0.3 is 5.32 Å². The SMILES string of the molecule is Cl.c1cncc(C2CNCCN2Cc2ccsc2)c1. The Morgan fingerprint density at radius 2 is 2.37 bits per heavy atom. The van der Waals surface area contributed by atoms with Crippen LogP contribution < -0.4 is 5.32 Å². The maximum atomic E-state index is 4.24. The predicted molar refractivity (Wildman–Crippen MR) is 81.8 cm³/mol. The molecule has 0 spiro atoms. The zero-order valence-electron chi connectivity index (χ0n) is 10.7. The topological polar surface area (TPSA) is 28.2 Å². The average molecular weight is 296 g/mol. The minimum atomic E-state index is 0. The van der Waals surface area contributed by atoms with Crippen molar-refractivity contribution >= 4 is 23.7 Å². The summed E-state index contributed by atoms with van der Waals surface area (Å²) < 4.78 is 0. The maximum absolute atomic E-state index is 4.24. The molecule has 1 unspecified atom stereocenters. The zero-order chi connectivity index (χ0) is 12.2. The Hall–Kier alpha value is -0.940. The minimum Gasteiger partial charge on any atom is -0.314 e. The van der Waals surface area contributed by atoms with Crippen molar-refractivity contribution in [2.24, 2.45) is 0 Å². The Labute approximate surface area is 124 Å². The Bertz CT molecular complexity index is 475. The summed E-state index contributed by atoms with van der Waals surface area (Å²) in [5.74, 6) is 0. The van der Waals surface area contributed by atoms with E-state index in [1.165, 1.54) is 11.1 Å². The van der Waals surface area contributed by atoms with Gasteiger partial charge in [-0.1, -0.05) is 6.07 Å². The van der Waals surface area contributed by atoms with Crippen LogP contribution in [0.1, 0.15) is 17.2 Å². The Morgan fingerprint density at radius 3 is 3.11 bits per heavy atom. The lowest BCUT2D eigenvalue weighted by atomic mass is 10.0. The largest absolute Gasteiger partial charge is 0.314 e. The first kappa shape index (κ1) is 14.5. The third kappa shape index (κ3) is 3.54. The van der Waals surface area contributed by atoms with Crippen molar-refractivity contribution < 1.29 is 0 Å². The fourth-order valence-corrected chi connectivity index (χ4v) is 3.11. The molecule has 1 aliphatic heterocycles. The summed E-state index contributed by atoms with van der Waals surface area (Å²) >= 11 is 1.77. The molecule has 1 fully saturated rings. The fourth-order valence-electron chi connectivity index (χ4n) is 2.45. The van der Waals surface area contributed by atoms with Crippen LogP contribution in [-0.2, 0) is 6.54 Å². The number of pyridine rings is 1. The van der Waals surface area contributed by atoms with Crippen molar-refractivity contribution in [3.05, 3.63) is 52.5 Å². The van der Waals surface area contributed by atoms with E-state index in [1.807, 2.05) is 18.5 Å². The molecule has 0 saturated carbocycles. The Balaban J connectivity index is 0.00000133. The highest BCUT2D eigenvalue weighted by Gasteiger charge is 2.23. The summed E-state index contributed by atoms with van der Waals surface area (Å²) in [6, 6.07) is 6.85. The highest BCUT2D eigenvalue weighted by atomic mass is 35.5. The third-order valence-electron chi connectivity index (χ3n) is 3.39. The first-order valence-corrected chi connectivity index (χ1v) is 7.23. The molecule has 0 amide bonds. The van der Waals surface area contributed by atoms with E-state index in [1.54, 1.807) is 11.3 Å². The van der Waals surface area contributed by atoms with Crippen LogP contribution in [0.25, 0.3) is 0 Å². The van der Waals surface area contributed by atoms with Gasteiger partial charge in [0, 0.05) is 44.6 Å². The lowest BCUT2D eigenvalue weighted by Crippen LogP contribution is -2.45. The second-order valence-electron chi connectivity index (χ2n) is 4.61. The number of rotatable bonds is 3. The number of thiophene rings is 1. The minimum absolute atomic E-state index is 0. The van der Waals surface area contributed by atoms with Gasteiger partial charge in [-0.15, -0.1) is 12.4 Å². The molecular formula is C14H18ClN3S. The number of hydrogen-bond acceptors (Lipinski definition) is 4. The molecule has 0 aromatic carbocycles. The van der Waals surface area contributed by atoms with Crippen LogP contribution >= 0.6 is 23.7 Å². The van der Waals surface area contributed by atoms with Crippen LogP contribution in [0.4, 0.5) is 0 Å².